The van der Waals surface area contributed by atoms with Crippen molar-refractivity contribution in [2.75, 3.05) is 33.3 Å². The minimum atomic E-state index is -3.80. The summed E-state index contributed by atoms with van der Waals surface area (Å²) in [5.41, 5.74) is 0. The average Bonchev–Trinajstić information content (AvgIpc) is 3.06. The first kappa shape index (κ1) is 16.6. The average molecular weight is 321 g/mol. The van der Waals surface area contributed by atoms with Crippen LogP contribution in [0.4, 0.5) is 0 Å². The van der Waals surface area contributed by atoms with Crippen molar-refractivity contribution in [3.05, 3.63) is 0 Å². The Hall–Kier alpha value is -0.740. The zero-order chi connectivity index (χ0) is 15.6. The molecule has 0 aliphatic carbocycles. The zero-order valence-corrected chi connectivity index (χ0v) is 13.2. The Morgan fingerprint density at radius 2 is 2.19 bits per heavy atom. The number of nitrogens with one attached hydrogen (secondary N) is 1. The molecule has 0 aromatic carbocycles. The molecular weight excluding hydrogens is 298 g/mol. The summed E-state index contributed by atoms with van der Waals surface area (Å²) in [6, 6.07) is -1.28. The van der Waals surface area contributed by atoms with Crippen LogP contribution >= 0.6 is 0 Å². The van der Waals surface area contributed by atoms with Crippen LogP contribution in [0.3, 0.4) is 0 Å². The summed E-state index contributed by atoms with van der Waals surface area (Å²) in [6.07, 6.45) is 0.354. The Bertz CT molecular complexity index is 483. The molecule has 0 aromatic heterocycles. The van der Waals surface area contributed by atoms with E-state index in [1.807, 2.05) is 0 Å². The number of aliphatic hydroxyl groups excluding tert-OH is 1. The van der Waals surface area contributed by atoms with Crippen molar-refractivity contribution in [3.63, 3.8) is 0 Å². The number of esters is 1. The first-order valence-electron chi connectivity index (χ1n) is 7.19. The second kappa shape index (κ2) is 6.57. The summed E-state index contributed by atoms with van der Waals surface area (Å²) in [5, 5.41) is 12.8. The zero-order valence-electron chi connectivity index (χ0n) is 12.4. The number of carbonyl (C=O) groups is 1. The maximum Gasteiger partial charge on any atom is 0.324 e. The van der Waals surface area contributed by atoms with Crippen molar-refractivity contribution >= 4 is 16.2 Å². The molecule has 0 amide bonds. The van der Waals surface area contributed by atoms with E-state index in [9.17, 15) is 18.3 Å². The van der Waals surface area contributed by atoms with Gasteiger partial charge in [0.2, 0.25) is 0 Å². The molecule has 2 N–H and O–H groups in total. The van der Waals surface area contributed by atoms with Gasteiger partial charge in [0.15, 0.2) is 0 Å². The van der Waals surface area contributed by atoms with E-state index >= 15 is 0 Å². The van der Waals surface area contributed by atoms with Gasteiger partial charge in [-0.2, -0.15) is 17.0 Å². The van der Waals surface area contributed by atoms with Crippen molar-refractivity contribution < 1.29 is 23.1 Å². The van der Waals surface area contributed by atoms with Gasteiger partial charge in [0.05, 0.1) is 18.8 Å². The number of nitrogens with zero attached hydrogens (tertiary/aromatic N) is 2. The second-order valence-electron chi connectivity index (χ2n) is 5.34. The molecule has 122 valence electrons. The molecule has 3 atom stereocenters. The van der Waals surface area contributed by atoms with Crippen LogP contribution in [-0.2, 0) is 19.7 Å². The van der Waals surface area contributed by atoms with Crippen LogP contribution in [0, 0.1) is 0 Å². The number of carbonyl (C=O) groups excluding carboxylic acids is 1. The largest absolute Gasteiger partial charge is 0.465 e. The standard InChI is InChI=1S/C12H23N3O5S/c1-3-20-12(17)9-5-4-6-15(9)21(18,19)14(2)10-7-13-8-11(10)16/h9-11,13,16H,3-8H2,1-2H3/t9?,10-,11-/m0/s1. The first-order valence-corrected chi connectivity index (χ1v) is 8.59. The molecule has 0 aromatic rings. The molecule has 2 saturated heterocycles. The van der Waals surface area contributed by atoms with Crippen LogP contribution in [0.1, 0.15) is 19.8 Å². The van der Waals surface area contributed by atoms with E-state index in [0.717, 1.165) is 4.31 Å². The molecule has 1 unspecified atom stereocenters. The van der Waals surface area contributed by atoms with Crippen LogP contribution < -0.4 is 5.32 Å². The van der Waals surface area contributed by atoms with E-state index in [0.29, 0.717) is 32.5 Å². The molecule has 0 spiro atoms. The predicted octanol–water partition coefficient (Wildman–Crippen LogP) is -1.48. The molecule has 2 heterocycles. The fourth-order valence-corrected chi connectivity index (χ4v) is 4.61. The van der Waals surface area contributed by atoms with Crippen molar-refractivity contribution in [2.24, 2.45) is 0 Å². The smallest absolute Gasteiger partial charge is 0.324 e. The van der Waals surface area contributed by atoms with Gasteiger partial charge >= 0.3 is 5.97 Å². The second-order valence-corrected chi connectivity index (χ2v) is 7.28. The van der Waals surface area contributed by atoms with Crippen molar-refractivity contribution in [1.29, 1.82) is 0 Å². The van der Waals surface area contributed by atoms with Gasteiger partial charge in [-0.25, -0.2) is 0 Å². The van der Waals surface area contributed by atoms with Gasteiger partial charge < -0.3 is 15.2 Å². The van der Waals surface area contributed by atoms with Gasteiger partial charge in [0.1, 0.15) is 6.04 Å². The molecule has 8 nitrogen and oxygen atoms in total. The molecule has 2 fully saturated rings. The summed E-state index contributed by atoms with van der Waals surface area (Å²) in [5.74, 6) is -0.503. The number of hydrogen-bond donors (Lipinski definition) is 2. The highest BCUT2D eigenvalue weighted by molar-refractivity contribution is 7.86. The Balaban J connectivity index is 2.15. The molecule has 21 heavy (non-hydrogen) atoms. The highest BCUT2D eigenvalue weighted by Gasteiger charge is 2.44. The number of aliphatic hydroxyl groups is 1. The molecule has 0 saturated carbocycles. The summed E-state index contributed by atoms with van der Waals surface area (Å²) in [4.78, 5) is 11.9. The third kappa shape index (κ3) is 3.21. The topological polar surface area (TPSA) is 99.2 Å². The maximum absolute atomic E-state index is 12.7. The van der Waals surface area contributed by atoms with Crippen LogP contribution in [0.2, 0.25) is 0 Å². The summed E-state index contributed by atoms with van der Waals surface area (Å²) in [6.45, 7) is 2.98. The molecule has 0 radical (unpaired) electrons. The van der Waals surface area contributed by atoms with Crippen LogP contribution in [0.15, 0.2) is 0 Å². The maximum atomic E-state index is 12.7. The van der Waals surface area contributed by atoms with Crippen molar-refractivity contribution in [3.8, 4) is 0 Å². The van der Waals surface area contributed by atoms with E-state index in [1.165, 1.54) is 11.4 Å². The van der Waals surface area contributed by atoms with Crippen molar-refractivity contribution in [1.82, 2.24) is 13.9 Å². The summed E-state index contributed by atoms with van der Waals surface area (Å²) >= 11 is 0. The highest BCUT2D eigenvalue weighted by Crippen LogP contribution is 2.25. The fraction of sp³-hybridized carbons (Fsp3) is 0.917. The summed E-state index contributed by atoms with van der Waals surface area (Å²) in [7, 11) is -2.36. The third-order valence-corrected chi connectivity index (χ3v) is 6.07. The third-order valence-electron chi connectivity index (χ3n) is 4.04. The Morgan fingerprint density at radius 3 is 2.76 bits per heavy atom. The SMILES string of the molecule is CCOC(=O)C1CCCN1S(=O)(=O)N(C)[C@H]1CNC[C@@H]1O. The van der Waals surface area contributed by atoms with Gasteiger partial charge in [-0.05, 0) is 19.8 Å². The number of rotatable bonds is 5. The lowest BCUT2D eigenvalue weighted by Gasteiger charge is -2.31. The number of β-amino-alcohol motifs (C(OH)–C–C–N with tert-alkyl or cyclic N) is 1. The molecule has 2 aliphatic heterocycles. The fourth-order valence-electron chi connectivity index (χ4n) is 2.85. The van der Waals surface area contributed by atoms with E-state index in [1.54, 1.807) is 6.92 Å². The first-order chi connectivity index (χ1) is 9.89. The molecule has 9 heteroatoms. The van der Waals surface area contributed by atoms with Gasteiger partial charge in [-0.1, -0.05) is 0 Å². The predicted molar refractivity (Wildman–Crippen MR) is 75.7 cm³/mol. The van der Waals surface area contributed by atoms with Crippen LogP contribution in [-0.4, -0.2) is 79.6 Å². The Kier molecular flexibility index (Phi) is 5.20. The van der Waals surface area contributed by atoms with E-state index < -0.39 is 34.4 Å². The van der Waals surface area contributed by atoms with E-state index in [-0.39, 0.29) is 6.61 Å². The molecule has 2 rings (SSSR count). The quantitative estimate of drug-likeness (QED) is 0.600. The monoisotopic (exact) mass is 321 g/mol. The number of ether oxygens (including phenoxy) is 1. The van der Waals surface area contributed by atoms with Gasteiger partial charge in [0.25, 0.3) is 10.2 Å². The molecule has 0 bridgehead atoms. The van der Waals surface area contributed by atoms with Gasteiger partial charge in [-0.3, -0.25) is 4.79 Å². The molecule has 2 aliphatic rings. The number of likely N-dealkylation sites (N-methyl/N-ethyl adjacent to an activating group) is 1. The summed E-state index contributed by atoms with van der Waals surface area (Å²) < 4.78 is 32.7. The lowest BCUT2D eigenvalue weighted by Crippen LogP contribution is -2.53. The van der Waals surface area contributed by atoms with Crippen LogP contribution in [0.5, 0.6) is 0 Å². The minimum absolute atomic E-state index is 0.227. The Morgan fingerprint density at radius 1 is 1.48 bits per heavy atom. The van der Waals surface area contributed by atoms with Crippen LogP contribution in [0.25, 0.3) is 0 Å². The van der Waals surface area contributed by atoms with E-state index in [2.05, 4.69) is 5.32 Å². The number of hydrogen-bond acceptors (Lipinski definition) is 6. The Labute approximate surface area is 125 Å². The highest BCUT2D eigenvalue weighted by atomic mass is 32.2. The molecular formula is C12H23N3O5S. The van der Waals surface area contributed by atoms with Crippen molar-refractivity contribution in [2.45, 2.75) is 38.0 Å². The lowest BCUT2D eigenvalue weighted by molar-refractivity contribution is -0.146. The lowest BCUT2D eigenvalue weighted by atomic mass is 10.2. The van der Waals surface area contributed by atoms with E-state index in [4.69, 9.17) is 4.74 Å². The minimum Gasteiger partial charge on any atom is -0.465 e. The van der Waals surface area contributed by atoms with Gasteiger partial charge in [0, 0.05) is 26.7 Å². The van der Waals surface area contributed by atoms with Gasteiger partial charge in [-0.15, -0.1) is 0 Å². The normalized spacial score (nSPS) is 31.0.